The fraction of sp³-hybridized carbons (Fsp3) is 0.625. The number of nitrogens with zero attached hydrogens (tertiary/aromatic N) is 3. The van der Waals surface area contributed by atoms with E-state index in [-0.39, 0.29) is 18.1 Å². The number of amides is 2. The Kier molecular flexibility index (Phi) is 5.60. The molecule has 1 saturated carbocycles. The average Bonchev–Trinajstić information content (AvgIpc) is 2.90. The number of anilines is 1. The summed E-state index contributed by atoms with van der Waals surface area (Å²) in [6.07, 6.45) is 2.61. The largest absolute Gasteiger partial charge is 0.393 e. The van der Waals surface area contributed by atoms with Gasteiger partial charge < -0.3 is 20.2 Å². The minimum Gasteiger partial charge on any atom is -0.393 e. The molecule has 122 valence electrons. The third-order valence-electron chi connectivity index (χ3n) is 4.15. The van der Waals surface area contributed by atoms with E-state index < -0.39 is 0 Å². The molecule has 0 spiro atoms. The van der Waals surface area contributed by atoms with Crippen LogP contribution in [-0.4, -0.2) is 54.8 Å². The minimum absolute atomic E-state index is 0.129. The van der Waals surface area contributed by atoms with Crippen LogP contribution in [0.15, 0.2) is 18.2 Å². The van der Waals surface area contributed by atoms with E-state index in [1.807, 2.05) is 37.2 Å². The van der Waals surface area contributed by atoms with E-state index in [1.165, 1.54) is 0 Å². The van der Waals surface area contributed by atoms with E-state index in [0.29, 0.717) is 13.1 Å². The Morgan fingerprint density at radius 3 is 2.77 bits per heavy atom. The third-order valence-corrected chi connectivity index (χ3v) is 4.15. The Balaban J connectivity index is 1.82. The summed E-state index contributed by atoms with van der Waals surface area (Å²) in [6, 6.07) is 5.63. The van der Waals surface area contributed by atoms with Crippen LogP contribution in [0.3, 0.4) is 0 Å². The van der Waals surface area contributed by atoms with Crippen molar-refractivity contribution in [2.75, 3.05) is 32.6 Å². The van der Waals surface area contributed by atoms with Crippen molar-refractivity contribution in [3.63, 3.8) is 0 Å². The van der Waals surface area contributed by atoms with E-state index in [9.17, 15) is 9.90 Å². The first-order valence-electron chi connectivity index (χ1n) is 7.77. The van der Waals surface area contributed by atoms with E-state index in [2.05, 4.69) is 10.3 Å². The fourth-order valence-electron chi connectivity index (χ4n) is 2.78. The molecule has 6 heteroatoms. The first-order valence-corrected chi connectivity index (χ1v) is 7.77. The van der Waals surface area contributed by atoms with Gasteiger partial charge in [0, 0.05) is 33.6 Å². The SMILES string of the molecule is CN(CC1CCCC1O)C(=O)NCc1cccc(N(C)C)n1. The molecule has 1 aliphatic carbocycles. The van der Waals surface area contributed by atoms with E-state index in [0.717, 1.165) is 30.8 Å². The number of pyridine rings is 1. The van der Waals surface area contributed by atoms with Gasteiger partial charge in [-0.1, -0.05) is 12.5 Å². The molecule has 2 atom stereocenters. The van der Waals surface area contributed by atoms with Crippen molar-refractivity contribution in [2.45, 2.75) is 31.9 Å². The number of hydrogen-bond donors (Lipinski definition) is 2. The average molecular weight is 306 g/mol. The summed E-state index contributed by atoms with van der Waals surface area (Å²) in [5.74, 6) is 1.07. The summed E-state index contributed by atoms with van der Waals surface area (Å²) >= 11 is 0. The molecule has 22 heavy (non-hydrogen) atoms. The first-order chi connectivity index (χ1) is 10.5. The number of hydrogen-bond acceptors (Lipinski definition) is 4. The second-order valence-electron chi connectivity index (χ2n) is 6.18. The maximum atomic E-state index is 12.1. The lowest BCUT2D eigenvalue weighted by molar-refractivity contribution is 0.114. The van der Waals surface area contributed by atoms with Gasteiger partial charge in [-0.2, -0.15) is 0 Å². The number of aliphatic hydroxyl groups excluding tert-OH is 1. The fourth-order valence-corrected chi connectivity index (χ4v) is 2.78. The predicted octanol–water partition coefficient (Wildman–Crippen LogP) is 1.45. The molecule has 0 aliphatic heterocycles. The van der Waals surface area contributed by atoms with Gasteiger partial charge in [0.1, 0.15) is 5.82 Å². The van der Waals surface area contributed by atoms with Gasteiger partial charge in [-0.15, -0.1) is 0 Å². The lowest BCUT2D eigenvalue weighted by atomic mass is 10.1. The summed E-state index contributed by atoms with van der Waals surface area (Å²) in [5, 5.41) is 12.7. The van der Waals surface area contributed by atoms with Crippen LogP contribution in [0.1, 0.15) is 25.0 Å². The number of aromatic nitrogens is 1. The molecule has 2 N–H and O–H groups in total. The van der Waals surface area contributed by atoms with Crippen LogP contribution < -0.4 is 10.2 Å². The minimum atomic E-state index is -0.270. The summed E-state index contributed by atoms with van der Waals surface area (Å²) < 4.78 is 0. The topological polar surface area (TPSA) is 68.7 Å². The van der Waals surface area contributed by atoms with E-state index >= 15 is 0 Å². The molecule has 0 bridgehead atoms. The number of carbonyl (C=O) groups excluding carboxylic acids is 1. The van der Waals surface area contributed by atoms with Crippen LogP contribution in [0.25, 0.3) is 0 Å². The van der Waals surface area contributed by atoms with Crippen LogP contribution in [0.5, 0.6) is 0 Å². The van der Waals surface area contributed by atoms with Crippen molar-refractivity contribution in [3.8, 4) is 0 Å². The van der Waals surface area contributed by atoms with Crippen molar-refractivity contribution in [1.29, 1.82) is 0 Å². The number of urea groups is 1. The van der Waals surface area contributed by atoms with Crippen molar-refractivity contribution >= 4 is 11.8 Å². The zero-order valence-electron chi connectivity index (χ0n) is 13.6. The van der Waals surface area contributed by atoms with E-state index in [1.54, 1.807) is 11.9 Å². The van der Waals surface area contributed by atoms with Gasteiger partial charge >= 0.3 is 6.03 Å². The van der Waals surface area contributed by atoms with Crippen molar-refractivity contribution in [2.24, 2.45) is 5.92 Å². The molecule has 2 unspecified atom stereocenters. The smallest absolute Gasteiger partial charge is 0.317 e. The predicted molar refractivity (Wildman–Crippen MR) is 86.8 cm³/mol. The van der Waals surface area contributed by atoms with E-state index in [4.69, 9.17) is 0 Å². The highest BCUT2D eigenvalue weighted by Gasteiger charge is 2.27. The molecule has 6 nitrogen and oxygen atoms in total. The normalized spacial score (nSPS) is 20.7. The molecule has 1 heterocycles. The summed E-state index contributed by atoms with van der Waals surface area (Å²) in [5.41, 5.74) is 0.828. The highest BCUT2D eigenvalue weighted by Crippen LogP contribution is 2.25. The van der Waals surface area contributed by atoms with Crippen molar-refractivity contribution in [1.82, 2.24) is 15.2 Å². The van der Waals surface area contributed by atoms with Crippen LogP contribution >= 0.6 is 0 Å². The van der Waals surface area contributed by atoms with Gasteiger partial charge in [0.15, 0.2) is 0 Å². The van der Waals surface area contributed by atoms with Crippen LogP contribution in [0, 0.1) is 5.92 Å². The van der Waals surface area contributed by atoms with Crippen LogP contribution in [0.2, 0.25) is 0 Å². The molecule has 2 rings (SSSR count). The molecule has 0 aromatic carbocycles. The van der Waals surface area contributed by atoms with Gasteiger partial charge in [-0.25, -0.2) is 9.78 Å². The molecule has 2 amide bonds. The number of carbonyl (C=O) groups is 1. The second-order valence-corrected chi connectivity index (χ2v) is 6.18. The standard InChI is InChI=1S/C16H26N4O2/c1-19(2)15-9-5-7-13(18-15)10-17-16(22)20(3)11-12-6-4-8-14(12)21/h5,7,9,12,14,21H,4,6,8,10-11H2,1-3H3,(H,17,22). The zero-order chi connectivity index (χ0) is 16.1. The Hall–Kier alpha value is -1.82. The Labute approximate surface area is 132 Å². The lowest BCUT2D eigenvalue weighted by Crippen LogP contribution is -2.41. The molecule has 1 aliphatic rings. The molecule has 1 fully saturated rings. The molecular weight excluding hydrogens is 280 g/mol. The maximum Gasteiger partial charge on any atom is 0.317 e. The quantitative estimate of drug-likeness (QED) is 0.864. The number of rotatable bonds is 5. The number of aliphatic hydroxyl groups is 1. The highest BCUT2D eigenvalue weighted by atomic mass is 16.3. The lowest BCUT2D eigenvalue weighted by Gasteiger charge is -2.23. The zero-order valence-corrected chi connectivity index (χ0v) is 13.6. The molecular formula is C16H26N4O2. The van der Waals surface area contributed by atoms with Gasteiger partial charge in [-0.05, 0) is 25.0 Å². The van der Waals surface area contributed by atoms with Crippen LogP contribution in [-0.2, 0) is 6.54 Å². The monoisotopic (exact) mass is 306 g/mol. The van der Waals surface area contributed by atoms with Gasteiger partial charge in [-0.3, -0.25) is 0 Å². The van der Waals surface area contributed by atoms with Gasteiger partial charge in [0.05, 0.1) is 18.3 Å². The highest BCUT2D eigenvalue weighted by molar-refractivity contribution is 5.73. The van der Waals surface area contributed by atoms with Gasteiger partial charge in [0.2, 0.25) is 0 Å². The Morgan fingerprint density at radius 2 is 2.14 bits per heavy atom. The first kappa shape index (κ1) is 16.5. The summed E-state index contributed by atoms with van der Waals surface area (Å²) in [6.45, 7) is 0.996. The molecule has 0 saturated heterocycles. The van der Waals surface area contributed by atoms with Crippen molar-refractivity contribution in [3.05, 3.63) is 23.9 Å². The Bertz CT molecular complexity index is 507. The summed E-state index contributed by atoms with van der Waals surface area (Å²) in [4.78, 5) is 20.2. The van der Waals surface area contributed by atoms with Gasteiger partial charge in [0.25, 0.3) is 0 Å². The third kappa shape index (κ3) is 4.34. The molecule has 1 aromatic rings. The molecule has 1 aromatic heterocycles. The Morgan fingerprint density at radius 1 is 1.36 bits per heavy atom. The van der Waals surface area contributed by atoms with Crippen LogP contribution in [0.4, 0.5) is 10.6 Å². The maximum absolute atomic E-state index is 12.1. The number of nitrogens with one attached hydrogen (secondary N) is 1. The second kappa shape index (κ2) is 7.45. The summed E-state index contributed by atoms with van der Waals surface area (Å²) in [7, 11) is 5.64. The molecule has 0 radical (unpaired) electrons. The van der Waals surface area contributed by atoms with Crippen molar-refractivity contribution < 1.29 is 9.90 Å².